The van der Waals surface area contributed by atoms with Gasteiger partial charge in [-0.05, 0) is 45.2 Å². The summed E-state index contributed by atoms with van der Waals surface area (Å²) in [4.78, 5) is 25.6. The second-order valence-corrected chi connectivity index (χ2v) is 6.55. The predicted molar refractivity (Wildman–Crippen MR) is 96.5 cm³/mol. The van der Waals surface area contributed by atoms with Crippen LogP contribution >= 0.6 is 0 Å². The number of carbonyl (C=O) groups excluding carboxylic acids is 1. The molecule has 0 fully saturated rings. The second kappa shape index (κ2) is 6.67. The molecule has 1 atom stereocenters. The Balaban J connectivity index is 1.53. The molecule has 7 heteroatoms. The zero-order chi connectivity index (χ0) is 18.1. The minimum Gasteiger partial charge on any atom is -0.344 e. The minimum atomic E-state index is -0.206. The molecule has 3 aromatic rings. The van der Waals surface area contributed by atoms with E-state index in [9.17, 15) is 4.79 Å². The Morgan fingerprint density at radius 1 is 1.27 bits per heavy atom. The van der Waals surface area contributed by atoms with Gasteiger partial charge in [-0.3, -0.25) is 14.9 Å². The summed E-state index contributed by atoms with van der Waals surface area (Å²) in [6, 6.07) is 3.54. The van der Waals surface area contributed by atoms with Crippen molar-refractivity contribution in [1.82, 2.24) is 30.5 Å². The Hall–Kier alpha value is -3.09. The first-order valence-electron chi connectivity index (χ1n) is 8.74. The van der Waals surface area contributed by atoms with Crippen molar-refractivity contribution in [2.75, 3.05) is 0 Å². The lowest BCUT2D eigenvalue weighted by molar-refractivity contribution is 0.0933. The first-order valence-corrected chi connectivity index (χ1v) is 8.74. The number of carbonyl (C=O) groups is 1. The number of aromatic nitrogens is 5. The van der Waals surface area contributed by atoms with E-state index in [0.29, 0.717) is 11.5 Å². The van der Waals surface area contributed by atoms with E-state index in [4.69, 9.17) is 0 Å². The van der Waals surface area contributed by atoms with E-state index in [1.54, 1.807) is 18.6 Å². The van der Waals surface area contributed by atoms with Crippen LogP contribution in [0.1, 0.15) is 52.4 Å². The van der Waals surface area contributed by atoms with Crippen molar-refractivity contribution >= 4 is 5.91 Å². The third kappa shape index (κ3) is 2.96. The molecule has 1 aliphatic carbocycles. The highest BCUT2D eigenvalue weighted by Crippen LogP contribution is 2.24. The summed E-state index contributed by atoms with van der Waals surface area (Å²) in [6.07, 6.45) is 8.15. The molecular formula is C19H20N6O. The molecule has 1 aliphatic rings. The van der Waals surface area contributed by atoms with Crippen LogP contribution in [0.3, 0.4) is 0 Å². The lowest BCUT2D eigenvalue weighted by atomic mass is 10.1. The van der Waals surface area contributed by atoms with Crippen molar-refractivity contribution in [2.24, 2.45) is 0 Å². The van der Waals surface area contributed by atoms with E-state index in [1.165, 1.54) is 0 Å². The maximum atomic E-state index is 12.6. The van der Waals surface area contributed by atoms with Gasteiger partial charge in [0.15, 0.2) is 11.5 Å². The standard InChI is InChI=1S/C19H20N6O/c1-11-15(10-21-18(22-11)13-6-8-20-9-7-13)12(2)23-19(26)17-14-4-3-5-16(14)24-25-17/h6-10,12H,3-5H2,1-2H3,(H,23,26)(H,24,25)/t12-/m0/s1. The molecule has 0 aliphatic heterocycles. The van der Waals surface area contributed by atoms with Gasteiger partial charge in [-0.2, -0.15) is 5.10 Å². The number of rotatable bonds is 4. The molecule has 0 saturated heterocycles. The van der Waals surface area contributed by atoms with Crippen molar-refractivity contribution < 1.29 is 4.79 Å². The van der Waals surface area contributed by atoms with E-state index in [2.05, 4.69) is 30.5 Å². The number of aromatic amines is 1. The lowest BCUT2D eigenvalue weighted by Gasteiger charge is -2.16. The van der Waals surface area contributed by atoms with Crippen LogP contribution in [-0.4, -0.2) is 31.1 Å². The Morgan fingerprint density at radius 2 is 2.08 bits per heavy atom. The van der Waals surface area contributed by atoms with Crippen LogP contribution in [0.2, 0.25) is 0 Å². The Kier molecular flexibility index (Phi) is 4.20. The number of hydrogen-bond donors (Lipinski definition) is 2. The monoisotopic (exact) mass is 348 g/mol. The Morgan fingerprint density at radius 3 is 2.85 bits per heavy atom. The van der Waals surface area contributed by atoms with Crippen molar-refractivity contribution in [3.8, 4) is 11.4 Å². The predicted octanol–water partition coefficient (Wildman–Crippen LogP) is 2.55. The molecule has 1 amide bonds. The quantitative estimate of drug-likeness (QED) is 0.755. The van der Waals surface area contributed by atoms with Gasteiger partial charge in [0.25, 0.3) is 5.91 Å². The first-order chi connectivity index (χ1) is 12.6. The summed E-state index contributed by atoms with van der Waals surface area (Å²) >= 11 is 0. The number of hydrogen-bond acceptors (Lipinski definition) is 5. The smallest absolute Gasteiger partial charge is 0.272 e. The highest BCUT2D eigenvalue weighted by Gasteiger charge is 2.24. The average Bonchev–Trinajstić information content (AvgIpc) is 3.25. The third-order valence-corrected chi connectivity index (χ3v) is 4.79. The molecule has 132 valence electrons. The van der Waals surface area contributed by atoms with Gasteiger partial charge in [0.05, 0.1) is 6.04 Å². The molecule has 4 rings (SSSR count). The number of amides is 1. The Bertz CT molecular complexity index is 950. The zero-order valence-corrected chi connectivity index (χ0v) is 14.8. The fourth-order valence-corrected chi connectivity index (χ4v) is 3.39. The molecule has 7 nitrogen and oxygen atoms in total. The molecule has 0 radical (unpaired) electrons. The SMILES string of the molecule is Cc1nc(-c2ccncc2)ncc1[C@H](C)NC(=O)c1n[nH]c2c1CCC2. The average molecular weight is 348 g/mol. The van der Waals surface area contributed by atoms with Crippen molar-refractivity contribution in [1.29, 1.82) is 0 Å². The van der Waals surface area contributed by atoms with E-state index in [0.717, 1.165) is 47.3 Å². The van der Waals surface area contributed by atoms with E-state index in [1.807, 2.05) is 26.0 Å². The number of H-pyrrole nitrogens is 1. The van der Waals surface area contributed by atoms with Crippen molar-refractivity contribution in [3.63, 3.8) is 0 Å². The second-order valence-electron chi connectivity index (χ2n) is 6.55. The van der Waals surface area contributed by atoms with Crippen molar-refractivity contribution in [2.45, 2.75) is 39.2 Å². The van der Waals surface area contributed by atoms with E-state index < -0.39 is 0 Å². The van der Waals surface area contributed by atoms with Crippen LogP contribution in [0.4, 0.5) is 0 Å². The topological polar surface area (TPSA) is 96.5 Å². The summed E-state index contributed by atoms with van der Waals surface area (Å²) < 4.78 is 0. The summed E-state index contributed by atoms with van der Waals surface area (Å²) in [5.74, 6) is 0.492. The highest BCUT2D eigenvalue weighted by molar-refractivity contribution is 5.94. The molecule has 3 heterocycles. The lowest BCUT2D eigenvalue weighted by Crippen LogP contribution is -2.28. The molecule has 3 aromatic heterocycles. The molecule has 0 spiro atoms. The number of nitrogens with one attached hydrogen (secondary N) is 2. The first kappa shape index (κ1) is 16.4. The summed E-state index contributed by atoms with van der Waals surface area (Å²) in [5.41, 5.74) is 5.30. The van der Waals surface area contributed by atoms with Crippen molar-refractivity contribution in [3.05, 3.63) is 58.9 Å². The molecule has 26 heavy (non-hydrogen) atoms. The number of fused-ring (bicyclic) bond motifs is 1. The van der Waals surface area contributed by atoms with Gasteiger partial charge in [-0.1, -0.05) is 0 Å². The fourth-order valence-electron chi connectivity index (χ4n) is 3.39. The summed E-state index contributed by atoms with van der Waals surface area (Å²) in [7, 11) is 0. The minimum absolute atomic E-state index is 0.158. The van der Waals surface area contributed by atoms with Gasteiger partial charge in [-0.25, -0.2) is 9.97 Å². The van der Waals surface area contributed by atoms with Gasteiger partial charge < -0.3 is 5.32 Å². The molecule has 0 aromatic carbocycles. The Labute approximate surface area is 151 Å². The van der Waals surface area contributed by atoms with Crippen LogP contribution in [0.25, 0.3) is 11.4 Å². The largest absolute Gasteiger partial charge is 0.344 e. The maximum Gasteiger partial charge on any atom is 0.272 e. The number of pyridine rings is 1. The summed E-state index contributed by atoms with van der Waals surface area (Å²) in [6.45, 7) is 3.86. The van der Waals surface area contributed by atoms with Gasteiger partial charge in [0.1, 0.15) is 0 Å². The molecule has 2 N–H and O–H groups in total. The third-order valence-electron chi connectivity index (χ3n) is 4.79. The maximum absolute atomic E-state index is 12.6. The molecule has 0 bridgehead atoms. The molecule has 0 saturated carbocycles. The number of nitrogens with zero attached hydrogens (tertiary/aromatic N) is 4. The van der Waals surface area contributed by atoms with Gasteiger partial charge >= 0.3 is 0 Å². The highest BCUT2D eigenvalue weighted by atomic mass is 16.2. The normalized spacial score (nSPS) is 14.1. The molecule has 0 unspecified atom stereocenters. The summed E-state index contributed by atoms with van der Waals surface area (Å²) in [5, 5.41) is 10.2. The van der Waals surface area contributed by atoms with Crippen LogP contribution in [0, 0.1) is 6.92 Å². The van der Waals surface area contributed by atoms with Crippen LogP contribution in [0.15, 0.2) is 30.7 Å². The zero-order valence-electron chi connectivity index (χ0n) is 14.8. The van der Waals surface area contributed by atoms with Gasteiger partial charge in [0, 0.05) is 46.7 Å². The van der Waals surface area contributed by atoms with Gasteiger partial charge in [0.2, 0.25) is 0 Å². The van der Waals surface area contributed by atoms with Gasteiger partial charge in [-0.15, -0.1) is 0 Å². The van der Waals surface area contributed by atoms with Crippen LogP contribution in [0.5, 0.6) is 0 Å². The number of aryl methyl sites for hydroxylation is 2. The van der Waals surface area contributed by atoms with Crippen LogP contribution in [-0.2, 0) is 12.8 Å². The van der Waals surface area contributed by atoms with E-state index >= 15 is 0 Å². The molecular weight excluding hydrogens is 328 g/mol. The van der Waals surface area contributed by atoms with Crippen LogP contribution < -0.4 is 5.32 Å². The fraction of sp³-hybridized carbons (Fsp3) is 0.316. The van der Waals surface area contributed by atoms with E-state index in [-0.39, 0.29) is 11.9 Å².